The molecule has 0 saturated heterocycles. The van der Waals surface area contributed by atoms with Crippen LogP contribution in [0, 0.1) is 18.6 Å². The molecular weight excluding hydrogens is 248 g/mol. The van der Waals surface area contributed by atoms with Crippen LogP contribution >= 0.6 is 0 Å². The Labute approximate surface area is 110 Å². The van der Waals surface area contributed by atoms with Gasteiger partial charge >= 0.3 is 0 Å². The number of nitrogens with two attached hydrogens (primary N) is 1. The first-order chi connectivity index (χ1) is 9.11. The highest BCUT2D eigenvalue weighted by molar-refractivity contribution is 5.29. The highest BCUT2D eigenvalue weighted by atomic mass is 19.1. The van der Waals surface area contributed by atoms with Gasteiger partial charge in [0.15, 0.2) is 0 Å². The molecule has 0 fully saturated rings. The van der Waals surface area contributed by atoms with Crippen LogP contribution in [0.5, 0.6) is 0 Å². The number of aromatic nitrogens is 1. The summed E-state index contributed by atoms with van der Waals surface area (Å²) in [6, 6.07) is 5.62. The van der Waals surface area contributed by atoms with Crippen molar-refractivity contribution in [2.75, 3.05) is 0 Å². The summed E-state index contributed by atoms with van der Waals surface area (Å²) in [5, 5.41) is 0. The zero-order valence-electron chi connectivity index (χ0n) is 10.5. The average molecular weight is 263 g/mol. The summed E-state index contributed by atoms with van der Waals surface area (Å²) in [5.41, 5.74) is 4.23. The molecule has 1 unspecified atom stereocenters. The van der Waals surface area contributed by atoms with Crippen LogP contribution in [0.2, 0.25) is 0 Å². The lowest BCUT2D eigenvalue weighted by Gasteiger charge is -2.18. The molecule has 1 aromatic carbocycles. The second-order valence-electron chi connectivity index (χ2n) is 4.41. The molecule has 3 N–H and O–H groups in total. The molecule has 5 heteroatoms. The van der Waals surface area contributed by atoms with Crippen molar-refractivity contribution in [2.24, 2.45) is 5.84 Å². The molecule has 1 heterocycles. The van der Waals surface area contributed by atoms with Gasteiger partial charge in [0.1, 0.15) is 11.6 Å². The number of nitrogens with one attached hydrogen (secondary N) is 1. The predicted molar refractivity (Wildman–Crippen MR) is 69.1 cm³/mol. The van der Waals surface area contributed by atoms with Crippen LogP contribution in [-0.2, 0) is 6.42 Å². The molecule has 1 aromatic heterocycles. The number of hydrazine groups is 1. The van der Waals surface area contributed by atoms with Gasteiger partial charge in [0, 0.05) is 24.0 Å². The van der Waals surface area contributed by atoms with E-state index in [0.717, 1.165) is 11.6 Å². The molecule has 0 radical (unpaired) electrons. The number of nitrogens with zero attached hydrogens (tertiary/aromatic N) is 1. The third-order valence-corrected chi connectivity index (χ3v) is 3.02. The lowest BCUT2D eigenvalue weighted by molar-refractivity contribution is 0.500. The van der Waals surface area contributed by atoms with Crippen molar-refractivity contribution in [2.45, 2.75) is 19.4 Å². The van der Waals surface area contributed by atoms with E-state index in [4.69, 9.17) is 5.84 Å². The van der Waals surface area contributed by atoms with Gasteiger partial charge in [-0.15, -0.1) is 0 Å². The van der Waals surface area contributed by atoms with E-state index in [-0.39, 0.29) is 0 Å². The highest BCUT2D eigenvalue weighted by Crippen LogP contribution is 2.23. The van der Waals surface area contributed by atoms with Gasteiger partial charge in [-0.25, -0.2) is 8.78 Å². The number of pyridine rings is 1. The Hall–Kier alpha value is -1.85. The van der Waals surface area contributed by atoms with E-state index < -0.39 is 17.7 Å². The Morgan fingerprint density at radius 2 is 2.11 bits per heavy atom. The molecule has 0 amide bonds. The maximum atomic E-state index is 13.8. The molecular formula is C14H15F2N3. The smallest absolute Gasteiger partial charge is 0.130 e. The topological polar surface area (TPSA) is 50.9 Å². The Morgan fingerprint density at radius 1 is 1.32 bits per heavy atom. The van der Waals surface area contributed by atoms with Gasteiger partial charge in [0.2, 0.25) is 0 Å². The summed E-state index contributed by atoms with van der Waals surface area (Å²) in [6.07, 6.45) is 3.84. The van der Waals surface area contributed by atoms with Gasteiger partial charge in [0.25, 0.3) is 0 Å². The molecule has 19 heavy (non-hydrogen) atoms. The normalized spacial score (nSPS) is 12.4. The monoisotopic (exact) mass is 263 g/mol. The molecule has 3 nitrogen and oxygen atoms in total. The van der Waals surface area contributed by atoms with E-state index in [1.807, 2.05) is 6.07 Å². The first-order valence-corrected chi connectivity index (χ1v) is 5.92. The number of aryl methyl sites for hydroxylation is 1. The molecule has 0 bridgehead atoms. The fourth-order valence-corrected chi connectivity index (χ4v) is 1.96. The van der Waals surface area contributed by atoms with Crippen molar-refractivity contribution >= 4 is 0 Å². The van der Waals surface area contributed by atoms with Crippen molar-refractivity contribution in [3.05, 3.63) is 65.0 Å². The first kappa shape index (κ1) is 13.6. The van der Waals surface area contributed by atoms with Crippen LogP contribution in [-0.4, -0.2) is 4.98 Å². The molecule has 0 saturated carbocycles. The van der Waals surface area contributed by atoms with Crippen LogP contribution in [0.15, 0.2) is 36.7 Å². The largest absolute Gasteiger partial charge is 0.271 e. The molecule has 0 aliphatic carbocycles. The second-order valence-corrected chi connectivity index (χ2v) is 4.41. The number of halogens is 2. The standard InChI is InChI=1S/C14H15F2N3/c1-9-5-11(13(16)7-12(9)15)14(19-17)6-10-3-2-4-18-8-10/h2-5,7-8,14,19H,6,17H2,1H3. The van der Waals surface area contributed by atoms with Crippen LogP contribution in [0.25, 0.3) is 0 Å². The van der Waals surface area contributed by atoms with Gasteiger partial charge in [0.05, 0.1) is 6.04 Å². The average Bonchev–Trinajstić information content (AvgIpc) is 2.42. The van der Waals surface area contributed by atoms with Crippen molar-refractivity contribution in [1.82, 2.24) is 10.4 Å². The highest BCUT2D eigenvalue weighted by Gasteiger charge is 2.17. The zero-order chi connectivity index (χ0) is 13.8. The van der Waals surface area contributed by atoms with Gasteiger partial charge in [-0.05, 0) is 36.6 Å². The lowest BCUT2D eigenvalue weighted by Crippen LogP contribution is -2.30. The Balaban J connectivity index is 2.30. The van der Waals surface area contributed by atoms with E-state index in [1.165, 1.54) is 6.07 Å². The third-order valence-electron chi connectivity index (χ3n) is 3.02. The minimum absolute atomic E-state index is 0.352. The zero-order valence-corrected chi connectivity index (χ0v) is 10.5. The summed E-state index contributed by atoms with van der Waals surface area (Å²) in [4.78, 5) is 4.00. The number of hydrogen-bond acceptors (Lipinski definition) is 3. The van der Waals surface area contributed by atoms with Gasteiger partial charge < -0.3 is 0 Å². The summed E-state index contributed by atoms with van der Waals surface area (Å²) in [6.45, 7) is 1.59. The second kappa shape index (κ2) is 5.86. The number of rotatable bonds is 4. The molecule has 0 aliphatic rings. The molecule has 1 atom stereocenters. The molecule has 0 aliphatic heterocycles. The predicted octanol–water partition coefficient (Wildman–Crippen LogP) is 2.42. The Bertz CT molecular complexity index is 558. The molecule has 0 spiro atoms. The Morgan fingerprint density at radius 3 is 2.74 bits per heavy atom. The first-order valence-electron chi connectivity index (χ1n) is 5.92. The Kier molecular flexibility index (Phi) is 4.19. The maximum Gasteiger partial charge on any atom is 0.130 e. The van der Waals surface area contributed by atoms with Crippen molar-refractivity contribution < 1.29 is 8.78 Å². The fourth-order valence-electron chi connectivity index (χ4n) is 1.96. The van der Waals surface area contributed by atoms with Gasteiger partial charge in [-0.1, -0.05) is 6.07 Å². The van der Waals surface area contributed by atoms with Crippen molar-refractivity contribution in [3.8, 4) is 0 Å². The molecule has 2 aromatic rings. The quantitative estimate of drug-likeness (QED) is 0.658. The van der Waals surface area contributed by atoms with Crippen molar-refractivity contribution in [3.63, 3.8) is 0 Å². The third kappa shape index (κ3) is 3.13. The minimum atomic E-state index is -0.602. The summed E-state index contributed by atoms with van der Waals surface area (Å²) >= 11 is 0. The van der Waals surface area contributed by atoms with E-state index in [0.29, 0.717) is 17.5 Å². The van der Waals surface area contributed by atoms with E-state index >= 15 is 0 Å². The van der Waals surface area contributed by atoms with E-state index in [9.17, 15) is 8.78 Å². The molecule has 100 valence electrons. The fraction of sp³-hybridized carbons (Fsp3) is 0.214. The van der Waals surface area contributed by atoms with E-state index in [2.05, 4.69) is 10.4 Å². The van der Waals surface area contributed by atoms with Gasteiger partial charge in [-0.3, -0.25) is 16.3 Å². The lowest BCUT2D eigenvalue weighted by atomic mass is 9.98. The number of hydrogen-bond donors (Lipinski definition) is 2. The minimum Gasteiger partial charge on any atom is -0.271 e. The summed E-state index contributed by atoms with van der Waals surface area (Å²) in [7, 11) is 0. The van der Waals surface area contributed by atoms with Crippen molar-refractivity contribution in [1.29, 1.82) is 0 Å². The van der Waals surface area contributed by atoms with E-state index in [1.54, 1.807) is 25.4 Å². The van der Waals surface area contributed by atoms with Gasteiger partial charge in [-0.2, -0.15) is 0 Å². The maximum absolute atomic E-state index is 13.8. The summed E-state index contributed by atoms with van der Waals surface area (Å²) < 4.78 is 27.1. The van der Waals surface area contributed by atoms with Crippen LogP contribution in [0.3, 0.4) is 0 Å². The van der Waals surface area contributed by atoms with Crippen LogP contribution in [0.4, 0.5) is 8.78 Å². The summed E-state index contributed by atoms with van der Waals surface area (Å²) in [5.74, 6) is 4.32. The number of benzene rings is 1. The van der Waals surface area contributed by atoms with Crippen LogP contribution < -0.4 is 11.3 Å². The SMILES string of the molecule is Cc1cc(C(Cc2cccnc2)NN)c(F)cc1F. The van der Waals surface area contributed by atoms with Crippen LogP contribution in [0.1, 0.15) is 22.7 Å². The molecule has 2 rings (SSSR count).